The second-order valence-corrected chi connectivity index (χ2v) is 5.38. The number of amides is 2. The van der Waals surface area contributed by atoms with Crippen LogP contribution in [0, 0.1) is 11.3 Å². The predicted molar refractivity (Wildman–Crippen MR) is 92.6 cm³/mol. The standard InChI is InChI=1S/C18H25N3O3/c1-5-14-8-7-9-15(6-2)17(14)21(16(22)12-24-4)13(3)18(23)20-11-10-19/h7-9,13H,5-6,11-12H2,1-4H3,(H,20,23). The number of carbonyl (C=O) groups excluding carboxylic acids is 2. The lowest BCUT2D eigenvalue weighted by Crippen LogP contribution is -2.50. The molecule has 1 atom stereocenters. The number of nitriles is 1. The van der Waals surface area contributed by atoms with Crippen LogP contribution in [0.25, 0.3) is 0 Å². The minimum atomic E-state index is -0.737. The Labute approximate surface area is 143 Å². The Morgan fingerprint density at radius 2 is 1.88 bits per heavy atom. The Balaban J connectivity index is 3.37. The van der Waals surface area contributed by atoms with Gasteiger partial charge in [-0.15, -0.1) is 0 Å². The first kappa shape index (κ1) is 19.7. The van der Waals surface area contributed by atoms with Crippen LogP contribution in [0.5, 0.6) is 0 Å². The summed E-state index contributed by atoms with van der Waals surface area (Å²) in [4.78, 5) is 26.5. The molecule has 0 aliphatic heterocycles. The predicted octanol–water partition coefficient (Wildman–Crippen LogP) is 1.82. The lowest BCUT2D eigenvalue weighted by molar-refractivity contribution is -0.127. The van der Waals surface area contributed by atoms with Crippen molar-refractivity contribution in [2.75, 3.05) is 25.2 Å². The molecule has 0 aliphatic rings. The first-order valence-electron chi connectivity index (χ1n) is 8.08. The van der Waals surface area contributed by atoms with Gasteiger partial charge < -0.3 is 10.1 Å². The van der Waals surface area contributed by atoms with E-state index in [9.17, 15) is 9.59 Å². The molecule has 0 saturated heterocycles. The molecule has 1 aromatic rings. The summed E-state index contributed by atoms with van der Waals surface area (Å²) >= 11 is 0. The van der Waals surface area contributed by atoms with Crippen LogP contribution < -0.4 is 10.2 Å². The molecular formula is C18H25N3O3. The summed E-state index contributed by atoms with van der Waals surface area (Å²) in [5.74, 6) is -0.651. The maximum atomic E-state index is 12.7. The molecular weight excluding hydrogens is 306 g/mol. The zero-order valence-electron chi connectivity index (χ0n) is 14.8. The number of methoxy groups -OCH3 is 1. The Hall–Kier alpha value is -2.39. The van der Waals surface area contributed by atoms with E-state index in [1.54, 1.807) is 6.92 Å². The van der Waals surface area contributed by atoms with E-state index in [-0.39, 0.29) is 25.0 Å². The molecule has 0 spiro atoms. The molecule has 0 heterocycles. The molecule has 1 unspecified atom stereocenters. The first-order valence-corrected chi connectivity index (χ1v) is 8.08. The number of aryl methyl sites for hydroxylation is 2. The van der Waals surface area contributed by atoms with Gasteiger partial charge in [-0.25, -0.2) is 0 Å². The summed E-state index contributed by atoms with van der Waals surface area (Å²) in [6.45, 7) is 5.48. The van der Waals surface area contributed by atoms with Gasteiger partial charge in [0.25, 0.3) is 5.91 Å². The molecule has 0 bridgehead atoms. The van der Waals surface area contributed by atoms with Crippen LogP contribution in [0.1, 0.15) is 31.9 Å². The van der Waals surface area contributed by atoms with Crippen molar-refractivity contribution in [2.45, 2.75) is 39.7 Å². The van der Waals surface area contributed by atoms with Crippen LogP contribution in [-0.4, -0.2) is 38.1 Å². The van der Waals surface area contributed by atoms with E-state index in [2.05, 4.69) is 5.32 Å². The minimum Gasteiger partial charge on any atom is -0.375 e. The maximum Gasteiger partial charge on any atom is 0.253 e. The Bertz CT molecular complexity index is 600. The minimum absolute atomic E-state index is 0.0917. The van der Waals surface area contributed by atoms with Gasteiger partial charge in [0, 0.05) is 7.11 Å². The second kappa shape index (κ2) is 9.68. The zero-order chi connectivity index (χ0) is 18.1. The summed E-state index contributed by atoms with van der Waals surface area (Å²) in [6, 6.07) is 7.01. The third kappa shape index (κ3) is 4.56. The highest BCUT2D eigenvalue weighted by atomic mass is 16.5. The molecule has 0 saturated carbocycles. The largest absolute Gasteiger partial charge is 0.375 e. The zero-order valence-corrected chi connectivity index (χ0v) is 14.8. The van der Waals surface area contributed by atoms with Crippen molar-refractivity contribution < 1.29 is 14.3 Å². The number of ether oxygens (including phenoxy) is 1. The van der Waals surface area contributed by atoms with Gasteiger partial charge in [0.05, 0.1) is 11.8 Å². The lowest BCUT2D eigenvalue weighted by atomic mass is 10.00. The molecule has 1 N–H and O–H groups in total. The van der Waals surface area contributed by atoms with Crippen molar-refractivity contribution in [3.05, 3.63) is 29.3 Å². The number of carbonyl (C=O) groups is 2. The molecule has 2 amide bonds. The fourth-order valence-corrected chi connectivity index (χ4v) is 2.64. The lowest BCUT2D eigenvalue weighted by Gasteiger charge is -2.31. The fraction of sp³-hybridized carbons (Fsp3) is 0.500. The molecule has 6 nitrogen and oxygen atoms in total. The highest BCUT2D eigenvalue weighted by molar-refractivity contribution is 6.02. The fourth-order valence-electron chi connectivity index (χ4n) is 2.64. The first-order chi connectivity index (χ1) is 11.5. The van der Waals surface area contributed by atoms with Crippen molar-refractivity contribution in [1.82, 2.24) is 5.32 Å². The van der Waals surface area contributed by atoms with Gasteiger partial charge in [0.2, 0.25) is 5.91 Å². The van der Waals surface area contributed by atoms with Gasteiger partial charge in [0.1, 0.15) is 19.2 Å². The number of hydrogen-bond acceptors (Lipinski definition) is 4. The van der Waals surface area contributed by atoms with Crippen molar-refractivity contribution in [2.24, 2.45) is 0 Å². The number of rotatable bonds is 8. The Morgan fingerprint density at radius 1 is 1.29 bits per heavy atom. The Kier molecular flexibility index (Phi) is 7.93. The van der Waals surface area contributed by atoms with Gasteiger partial charge in [-0.3, -0.25) is 14.5 Å². The van der Waals surface area contributed by atoms with Gasteiger partial charge in [-0.1, -0.05) is 32.0 Å². The number of benzene rings is 1. The normalized spacial score (nSPS) is 11.5. The highest BCUT2D eigenvalue weighted by Gasteiger charge is 2.30. The van der Waals surface area contributed by atoms with Crippen LogP contribution in [0.4, 0.5) is 5.69 Å². The second-order valence-electron chi connectivity index (χ2n) is 5.38. The summed E-state index contributed by atoms with van der Waals surface area (Å²) in [5, 5.41) is 11.2. The van der Waals surface area contributed by atoms with Crippen molar-refractivity contribution in [3.8, 4) is 6.07 Å². The average Bonchev–Trinajstić information content (AvgIpc) is 2.59. The molecule has 6 heteroatoms. The SMILES string of the molecule is CCc1cccc(CC)c1N(C(=O)COC)C(C)C(=O)NCC#N. The number of nitrogens with one attached hydrogen (secondary N) is 1. The van der Waals surface area contributed by atoms with Gasteiger partial charge in [-0.2, -0.15) is 5.26 Å². The van der Waals surface area contributed by atoms with Crippen LogP contribution in [0.15, 0.2) is 18.2 Å². The molecule has 24 heavy (non-hydrogen) atoms. The molecule has 1 aromatic carbocycles. The smallest absolute Gasteiger partial charge is 0.253 e. The summed E-state index contributed by atoms with van der Waals surface area (Å²) in [7, 11) is 1.45. The van der Waals surface area contributed by atoms with Crippen LogP contribution in [0.3, 0.4) is 0 Å². The van der Waals surface area contributed by atoms with Crippen molar-refractivity contribution >= 4 is 17.5 Å². The average molecular weight is 331 g/mol. The molecule has 0 radical (unpaired) electrons. The number of nitrogens with zero attached hydrogens (tertiary/aromatic N) is 2. The molecule has 1 rings (SSSR count). The molecule has 130 valence electrons. The van der Waals surface area contributed by atoms with E-state index in [1.807, 2.05) is 38.1 Å². The summed E-state index contributed by atoms with van der Waals surface area (Å²) in [5.41, 5.74) is 2.77. The third-order valence-electron chi connectivity index (χ3n) is 3.85. The van der Waals surface area contributed by atoms with Gasteiger partial charge >= 0.3 is 0 Å². The quantitative estimate of drug-likeness (QED) is 0.737. The van der Waals surface area contributed by atoms with E-state index < -0.39 is 6.04 Å². The Morgan fingerprint density at radius 3 is 2.33 bits per heavy atom. The molecule has 0 aromatic heterocycles. The van der Waals surface area contributed by atoms with Crippen LogP contribution >= 0.6 is 0 Å². The van der Waals surface area contributed by atoms with E-state index in [1.165, 1.54) is 12.0 Å². The molecule has 0 fully saturated rings. The summed E-state index contributed by atoms with van der Waals surface area (Å²) in [6.07, 6.45) is 1.49. The van der Waals surface area contributed by atoms with E-state index in [0.717, 1.165) is 29.7 Å². The van der Waals surface area contributed by atoms with Crippen molar-refractivity contribution in [3.63, 3.8) is 0 Å². The van der Waals surface area contributed by atoms with E-state index in [4.69, 9.17) is 10.00 Å². The maximum absolute atomic E-state index is 12.7. The number of para-hydroxylation sites is 1. The van der Waals surface area contributed by atoms with Crippen LogP contribution in [0.2, 0.25) is 0 Å². The summed E-state index contributed by atoms with van der Waals surface area (Å²) < 4.78 is 4.99. The van der Waals surface area contributed by atoms with Crippen molar-refractivity contribution in [1.29, 1.82) is 5.26 Å². The monoisotopic (exact) mass is 331 g/mol. The molecule has 0 aliphatic carbocycles. The number of hydrogen-bond donors (Lipinski definition) is 1. The topological polar surface area (TPSA) is 82.4 Å². The van der Waals surface area contributed by atoms with Gasteiger partial charge in [-0.05, 0) is 30.9 Å². The number of anilines is 1. The third-order valence-corrected chi connectivity index (χ3v) is 3.85. The van der Waals surface area contributed by atoms with Gasteiger partial charge in [0.15, 0.2) is 0 Å². The van der Waals surface area contributed by atoms with E-state index >= 15 is 0 Å². The highest BCUT2D eigenvalue weighted by Crippen LogP contribution is 2.29. The van der Waals surface area contributed by atoms with Crippen LogP contribution in [-0.2, 0) is 27.2 Å². The van der Waals surface area contributed by atoms with E-state index in [0.29, 0.717) is 0 Å².